The van der Waals surface area contributed by atoms with Crippen LogP contribution in [0.1, 0.15) is 24.2 Å². The molecule has 0 saturated carbocycles. The summed E-state index contributed by atoms with van der Waals surface area (Å²) in [5, 5.41) is 2.74. The standard InChI is InChI=1S/C18H24N6O2/c1-13(2)11-20-16(25)14-12-21-18(22-17(14)26)24-9-7-23(8-10-24)15-5-3-4-6-19-15/h3-6,12-13H,7-11H2,1-2H3,(H,20,25)(H,21,22,26). The second kappa shape index (κ2) is 7.99. The molecule has 0 spiro atoms. The van der Waals surface area contributed by atoms with E-state index in [0.29, 0.717) is 18.4 Å². The number of hydrogen-bond acceptors (Lipinski definition) is 6. The van der Waals surface area contributed by atoms with Crippen molar-refractivity contribution in [2.45, 2.75) is 13.8 Å². The third kappa shape index (κ3) is 4.19. The lowest BCUT2D eigenvalue weighted by Crippen LogP contribution is -2.48. The molecule has 0 bridgehead atoms. The number of rotatable bonds is 5. The van der Waals surface area contributed by atoms with Gasteiger partial charge in [-0.2, -0.15) is 0 Å². The van der Waals surface area contributed by atoms with Crippen molar-refractivity contribution in [3.05, 3.63) is 46.5 Å². The van der Waals surface area contributed by atoms with Crippen LogP contribution in [-0.2, 0) is 0 Å². The summed E-state index contributed by atoms with van der Waals surface area (Å²) in [6, 6.07) is 5.85. The molecule has 8 heteroatoms. The summed E-state index contributed by atoms with van der Waals surface area (Å²) < 4.78 is 0. The first-order chi connectivity index (χ1) is 12.5. The molecular formula is C18H24N6O2. The largest absolute Gasteiger partial charge is 0.353 e. The Morgan fingerprint density at radius 1 is 1.19 bits per heavy atom. The van der Waals surface area contributed by atoms with Gasteiger partial charge in [0.25, 0.3) is 11.5 Å². The van der Waals surface area contributed by atoms with Crippen LogP contribution in [0.25, 0.3) is 0 Å². The number of hydrogen-bond donors (Lipinski definition) is 2. The second-order valence-corrected chi connectivity index (χ2v) is 6.72. The van der Waals surface area contributed by atoms with Crippen LogP contribution in [0.3, 0.4) is 0 Å². The highest BCUT2D eigenvalue weighted by Gasteiger charge is 2.20. The Balaban J connectivity index is 1.63. The quantitative estimate of drug-likeness (QED) is 0.826. The predicted octanol–water partition coefficient (Wildman–Crippen LogP) is 0.877. The first-order valence-electron chi connectivity index (χ1n) is 8.83. The van der Waals surface area contributed by atoms with Crippen LogP contribution in [0.2, 0.25) is 0 Å². The number of pyridine rings is 1. The Morgan fingerprint density at radius 2 is 1.92 bits per heavy atom. The molecule has 1 amide bonds. The fourth-order valence-corrected chi connectivity index (χ4v) is 2.79. The molecule has 138 valence electrons. The van der Waals surface area contributed by atoms with Gasteiger partial charge in [0.1, 0.15) is 11.4 Å². The topological polar surface area (TPSA) is 94.2 Å². The highest BCUT2D eigenvalue weighted by atomic mass is 16.2. The van der Waals surface area contributed by atoms with Crippen LogP contribution in [-0.4, -0.2) is 53.6 Å². The summed E-state index contributed by atoms with van der Waals surface area (Å²) in [5.74, 6) is 1.38. The van der Waals surface area contributed by atoms with Crippen molar-refractivity contribution < 1.29 is 4.79 Å². The Labute approximate surface area is 152 Å². The van der Waals surface area contributed by atoms with Crippen LogP contribution < -0.4 is 20.7 Å². The smallest absolute Gasteiger partial charge is 0.265 e. The first kappa shape index (κ1) is 17.9. The minimum Gasteiger partial charge on any atom is -0.353 e. The van der Waals surface area contributed by atoms with Crippen molar-refractivity contribution in [3.8, 4) is 0 Å². The molecule has 3 heterocycles. The number of aromatic nitrogens is 3. The van der Waals surface area contributed by atoms with Crippen molar-refractivity contribution in [3.63, 3.8) is 0 Å². The maximum atomic E-state index is 12.3. The van der Waals surface area contributed by atoms with Crippen molar-refractivity contribution >= 4 is 17.7 Å². The zero-order valence-corrected chi connectivity index (χ0v) is 15.1. The van der Waals surface area contributed by atoms with Crippen molar-refractivity contribution in [2.75, 3.05) is 42.5 Å². The fraction of sp³-hybridized carbons (Fsp3) is 0.444. The highest BCUT2D eigenvalue weighted by Crippen LogP contribution is 2.15. The summed E-state index contributed by atoms with van der Waals surface area (Å²) in [5.41, 5.74) is -0.370. The number of piperazine rings is 1. The van der Waals surface area contributed by atoms with Crippen LogP contribution in [0.5, 0.6) is 0 Å². The number of carbonyl (C=O) groups is 1. The average molecular weight is 356 g/mol. The Bertz CT molecular complexity index is 797. The normalized spacial score (nSPS) is 14.6. The van der Waals surface area contributed by atoms with Gasteiger partial charge in [-0.25, -0.2) is 9.97 Å². The molecule has 0 aromatic carbocycles. The molecule has 0 atom stereocenters. The summed E-state index contributed by atoms with van der Waals surface area (Å²) in [6.45, 7) is 7.54. The van der Waals surface area contributed by atoms with E-state index in [2.05, 4.69) is 25.2 Å². The lowest BCUT2D eigenvalue weighted by molar-refractivity contribution is 0.0947. The molecule has 1 saturated heterocycles. The van der Waals surface area contributed by atoms with Crippen LogP contribution in [0.4, 0.5) is 11.8 Å². The van der Waals surface area contributed by atoms with E-state index in [4.69, 9.17) is 0 Å². The zero-order valence-electron chi connectivity index (χ0n) is 15.1. The Hall–Kier alpha value is -2.90. The molecule has 1 fully saturated rings. The summed E-state index contributed by atoms with van der Waals surface area (Å²) in [7, 11) is 0. The molecule has 3 rings (SSSR count). The monoisotopic (exact) mass is 356 g/mol. The number of anilines is 2. The number of amides is 1. The molecular weight excluding hydrogens is 332 g/mol. The van der Waals surface area contributed by atoms with Gasteiger partial charge in [-0.05, 0) is 18.1 Å². The lowest BCUT2D eigenvalue weighted by atomic mass is 10.2. The SMILES string of the molecule is CC(C)CNC(=O)c1cnc(N2CCN(c3ccccn3)CC2)[nH]c1=O. The Kier molecular flexibility index (Phi) is 5.50. The third-order valence-corrected chi connectivity index (χ3v) is 4.25. The van der Waals surface area contributed by atoms with E-state index in [1.54, 1.807) is 6.20 Å². The molecule has 0 radical (unpaired) electrons. The van der Waals surface area contributed by atoms with Gasteiger partial charge >= 0.3 is 0 Å². The molecule has 2 N–H and O–H groups in total. The number of nitrogens with zero attached hydrogens (tertiary/aromatic N) is 4. The van der Waals surface area contributed by atoms with Gasteiger partial charge in [-0.15, -0.1) is 0 Å². The summed E-state index contributed by atoms with van der Waals surface area (Å²) >= 11 is 0. The van der Waals surface area contributed by atoms with Crippen molar-refractivity contribution in [2.24, 2.45) is 5.92 Å². The summed E-state index contributed by atoms with van der Waals surface area (Å²) in [4.78, 5) is 39.9. The van der Waals surface area contributed by atoms with Gasteiger partial charge in [0.2, 0.25) is 5.95 Å². The van der Waals surface area contributed by atoms with Gasteiger partial charge in [0, 0.05) is 45.1 Å². The molecule has 26 heavy (non-hydrogen) atoms. The van der Waals surface area contributed by atoms with E-state index in [0.717, 1.165) is 32.0 Å². The Morgan fingerprint density at radius 3 is 2.54 bits per heavy atom. The molecule has 2 aromatic heterocycles. The van der Waals surface area contributed by atoms with Gasteiger partial charge in [-0.3, -0.25) is 14.6 Å². The number of aromatic amines is 1. The second-order valence-electron chi connectivity index (χ2n) is 6.72. The first-order valence-corrected chi connectivity index (χ1v) is 8.83. The van der Waals surface area contributed by atoms with E-state index in [1.165, 1.54) is 6.20 Å². The lowest BCUT2D eigenvalue weighted by Gasteiger charge is -2.35. The molecule has 0 unspecified atom stereocenters. The van der Waals surface area contributed by atoms with Crippen molar-refractivity contribution in [1.29, 1.82) is 0 Å². The number of carbonyl (C=O) groups excluding carboxylic acids is 1. The third-order valence-electron chi connectivity index (χ3n) is 4.25. The minimum absolute atomic E-state index is 0.0431. The molecule has 2 aromatic rings. The molecule has 1 aliphatic rings. The predicted molar refractivity (Wildman–Crippen MR) is 101 cm³/mol. The maximum Gasteiger partial charge on any atom is 0.265 e. The van der Waals surface area contributed by atoms with Gasteiger partial charge in [0.05, 0.1) is 0 Å². The zero-order chi connectivity index (χ0) is 18.5. The van der Waals surface area contributed by atoms with E-state index >= 15 is 0 Å². The maximum absolute atomic E-state index is 12.3. The number of H-pyrrole nitrogens is 1. The van der Waals surface area contributed by atoms with Crippen LogP contribution in [0, 0.1) is 5.92 Å². The van der Waals surface area contributed by atoms with Gasteiger partial charge < -0.3 is 15.1 Å². The summed E-state index contributed by atoms with van der Waals surface area (Å²) in [6.07, 6.45) is 3.14. The molecule has 8 nitrogen and oxygen atoms in total. The molecule has 0 aliphatic carbocycles. The number of nitrogens with one attached hydrogen (secondary N) is 2. The van der Waals surface area contributed by atoms with E-state index in [1.807, 2.05) is 36.9 Å². The van der Waals surface area contributed by atoms with Gasteiger partial charge in [-0.1, -0.05) is 19.9 Å². The highest BCUT2D eigenvalue weighted by molar-refractivity contribution is 5.93. The average Bonchev–Trinajstić information content (AvgIpc) is 2.67. The van der Waals surface area contributed by atoms with Crippen molar-refractivity contribution in [1.82, 2.24) is 20.3 Å². The molecule has 1 aliphatic heterocycles. The van der Waals surface area contributed by atoms with Crippen LogP contribution in [0.15, 0.2) is 35.4 Å². The minimum atomic E-state index is -0.414. The van der Waals surface area contributed by atoms with Crippen LogP contribution >= 0.6 is 0 Å². The van der Waals surface area contributed by atoms with Gasteiger partial charge in [0.15, 0.2) is 0 Å². The fourth-order valence-electron chi connectivity index (χ4n) is 2.79. The van der Waals surface area contributed by atoms with E-state index in [-0.39, 0.29) is 11.5 Å². The van der Waals surface area contributed by atoms with E-state index < -0.39 is 5.56 Å². The van der Waals surface area contributed by atoms with E-state index in [9.17, 15) is 9.59 Å².